The maximum Gasteiger partial charge on any atom is 0.232 e. The van der Waals surface area contributed by atoms with Crippen molar-refractivity contribution in [3.63, 3.8) is 0 Å². The van der Waals surface area contributed by atoms with Crippen LogP contribution in [0, 0.1) is 5.92 Å². The van der Waals surface area contributed by atoms with Crippen molar-refractivity contribution in [3.05, 3.63) is 6.07 Å². The van der Waals surface area contributed by atoms with Crippen LogP contribution in [0.2, 0.25) is 0 Å². The molecule has 2 saturated heterocycles. The van der Waals surface area contributed by atoms with E-state index < -0.39 is 0 Å². The van der Waals surface area contributed by atoms with Crippen molar-refractivity contribution in [1.82, 2.24) is 15.3 Å². The average Bonchev–Trinajstić information content (AvgIpc) is 2.63. The number of rotatable bonds is 4. The molecule has 0 bridgehead atoms. The van der Waals surface area contributed by atoms with Crippen molar-refractivity contribution in [2.24, 2.45) is 5.92 Å². The Bertz CT molecular complexity index is 579. The fraction of sp³-hybridized carbons (Fsp3) is 0.722. The van der Waals surface area contributed by atoms with E-state index in [0.717, 1.165) is 50.3 Å². The summed E-state index contributed by atoms with van der Waals surface area (Å²) in [4.78, 5) is 14.3. The minimum atomic E-state index is 0.580. The number of hydrogen-bond acceptors (Lipinski definition) is 5. The molecule has 0 unspecified atom stereocenters. The highest BCUT2D eigenvalue weighted by atomic mass is 32.1. The molecule has 0 saturated carbocycles. The molecule has 3 rings (SSSR count). The van der Waals surface area contributed by atoms with Gasteiger partial charge in [0, 0.05) is 38.8 Å². The van der Waals surface area contributed by atoms with E-state index in [2.05, 4.69) is 33.4 Å². The van der Waals surface area contributed by atoms with Crippen LogP contribution in [0.1, 0.15) is 46.0 Å². The molecule has 6 nitrogen and oxygen atoms in total. The van der Waals surface area contributed by atoms with Crippen LogP contribution in [-0.4, -0.2) is 47.8 Å². The first-order valence-corrected chi connectivity index (χ1v) is 10.0. The molecule has 25 heavy (non-hydrogen) atoms. The Morgan fingerprint density at radius 1 is 1.08 bits per heavy atom. The highest BCUT2D eigenvalue weighted by Gasteiger charge is 2.21. The van der Waals surface area contributed by atoms with E-state index in [1.165, 1.54) is 32.1 Å². The zero-order valence-corrected chi connectivity index (χ0v) is 16.2. The fourth-order valence-corrected chi connectivity index (χ4v) is 3.70. The third kappa shape index (κ3) is 4.93. The molecular weight excluding hydrogens is 332 g/mol. The monoisotopic (exact) mass is 362 g/mol. The number of anilines is 3. The van der Waals surface area contributed by atoms with Gasteiger partial charge in [-0.05, 0) is 57.2 Å². The topological polar surface area (TPSA) is 56.3 Å². The maximum atomic E-state index is 5.32. The lowest BCUT2D eigenvalue weighted by Crippen LogP contribution is -2.35. The highest BCUT2D eigenvalue weighted by molar-refractivity contribution is 7.80. The van der Waals surface area contributed by atoms with Crippen LogP contribution in [0.25, 0.3) is 0 Å². The molecule has 138 valence electrons. The molecular formula is C18H30N6S. The summed E-state index contributed by atoms with van der Waals surface area (Å²) < 4.78 is 0. The average molecular weight is 363 g/mol. The molecule has 0 atom stereocenters. The van der Waals surface area contributed by atoms with E-state index in [4.69, 9.17) is 22.2 Å². The molecule has 2 N–H and O–H groups in total. The Labute approximate surface area is 156 Å². The first-order valence-electron chi connectivity index (χ1n) is 9.59. The number of nitrogens with one attached hydrogen (secondary N) is 2. The predicted octanol–water partition coefficient (Wildman–Crippen LogP) is 3.01. The SMILES string of the molecule is CCNC(=S)Nc1nc(N2CCCCC2)cc(N2CCC(C)CC2)n1. The summed E-state index contributed by atoms with van der Waals surface area (Å²) in [5.74, 6) is 3.44. The molecule has 0 spiro atoms. The van der Waals surface area contributed by atoms with Crippen LogP contribution in [0.4, 0.5) is 17.6 Å². The summed E-state index contributed by atoms with van der Waals surface area (Å²) in [6.45, 7) is 9.42. The fourth-order valence-electron chi connectivity index (χ4n) is 3.47. The van der Waals surface area contributed by atoms with E-state index in [0.29, 0.717) is 11.1 Å². The number of aromatic nitrogens is 2. The predicted molar refractivity (Wildman–Crippen MR) is 109 cm³/mol. The molecule has 0 amide bonds. The van der Waals surface area contributed by atoms with Crippen LogP contribution in [-0.2, 0) is 0 Å². The van der Waals surface area contributed by atoms with Gasteiger partial charge in [-0.2, -0.15) is 9.97 Å². The van der Waals surface area contributed by atoms with E-state index in [1.54, 1.807) is 0 Å². The summed E-state index contributed by atoms with van der Waals surface area (Å²) in [5.41, 5.74) is 0. The second-order valence-electron chi connectivity index (χ2n) is 7.11. The van der Waals surface area contributed by atoms with Gasteiger partial charge in [-0.25, -0.2) is 0 Å². The summed E-state index contributed by atoms with van der Waals surface area (Å²) in [7, 11) is 0. The molecule has 0 radical (unpaired) electrons. The largest absolute Gasteiger partial charge is 0.363 e. The molecule has 2 aliphatic rings. The lowest BCUT2D eigenvalue weighted by atomic mass is 9.99. The number of piperidine rings is 2. The van der Waals surface area contributed by atoms with Crippen LogP contribution in [0.15, 0.2) is 6.07 Å². The van der Waals surface area contributed by atoms with E-state index in [1.807, 2.05) is 6.92 Å². The number of nitrogens with zero attached hydrogens (tertiary/aromatic N) is 4. The highest BCUT2D eigenvalue weighted by Crippen LogP contribution is 2.27. The zero-order chi connectivity index (χ0) is 17.6. The number of thiocarbonyl (C=S) groups is 1. The minimum Gasteiger partial charge on any atom is -0.363 e. The summed E-state index contributed by atoms with van der Waals surface area (Å²) >= 11 is 5.32. The number of hydrogen-bond donors (Lipinski definition) is 2. The van der Waals surface area contributed by atoms with Crippen molar-refractivity contribution in [2.75, 3.05) is 47.8 Å². The second-order valence-corrected chi connectivity index (χ2v) is 7.52. The Balaban J connectivity index is 1.83. The Hall–Kier alpha value is -1.63. The van der Waals surface area contributed by atoms with Gasteiger partial charge in [0.1, 0.15) is 11.6 Å². The standard InChI is InChI=1S/C18H30N6S/c1-3-19-18(25)22-17-20-15(23-9-5-4-6-10-23)13-16(21-17)24-11-7-14(2)8-12-24/h13-14H,3-12H2,1-2H3,(H2,19,20,21,22,25). The molecule has 2 fully saturated rings. The first kappa shape index (κ1) is 18.2. The molecule has 1 aromatic rings. The van der Waals surface area contributed by atoms with Crippen molar-refractivity contribution in [1.29, 1.82) is 0 Å². The summed E-state index contributed by atoms with van der Waals surface area (Å²) in [6, 6.07) is 2.16. The molecule has 7 heteroatoms. The van der Waals surface area contributed by atoms with Gasteiger partial charge in [-0.15, -0.1) is 0 Å². The van der Waals surface area contributed by atoms with Crippen LogP contribution in [0.3, 0.4) is 0 Å². The van der Waals surface area contributed by atoms with Crippen molar-refractivity contribution >= 4 is 34.9 Å². The Morgan fingerprint density at radius 2 is 1.68 bits per heavy atom. The van der Waals surface area contributed by atoms with Crippen LogP contribution in [0.5, 0.6) is 0 Å². The molecule has 0 aromatic carbocycles. The van der Waals surface area contributed by atoms with Gasteiger partial charge in [0.25, 0.3) is 0 Å². The van der Waals surface area contributed by atoms with Gasteiger partial charge in [0.05, 0.1) is 0 Å². The zero-order valence-electron chi connectivity index (χ0n) is 15.4. The molecule has 2 aliphatic heterocycles. The molecule has 3 heterocycles. The van der Waals surface area contributed by atoms with Gasteiger partial charge in [-0.3, -0.25) is 0 Å². The Morgan fingerprint density at radius 3 is 2.28 bits per heavy atom. The molecule has 0 aliphatic carbocycles. The van der Waals surface area contributed by atoms with Crippen LogP contribution >= 0.6 is 12.2 Å². The smallest absolute Gasteiger partial charge is 0.232 e. The summed E-state index contributed by atoms with van der Waals surface area (Å²) in [6.07, 6.45) is 6.23. The lowest BCUT2D eigenvalue weighted by Gasteiger charge is -2.33. The van der Waals surface area contributed by atoms with Crippen molar-refractivity contribution < 1.29 is 0 Å². The van der Waals surface area contributed by atoms with E-state index >= 15 is 0 Å². The second kappa shape index (κ2) is 8.65. The van der Waals surface area contributed by atoms with Gasteiger partial charge in [0.2, 0.25) is 5.95 Å². The van der Waals surface area contributed by atoms with Gasteiger partial charge in [-0.1, -0.05) is 6.92 Å². The van der Waals surface area contributed by atoms with Crippen LogP contribution < -0.4 is 20.4 Å². The maximum absolute atomic E-state index is 5.32. The minimum absolute atomic E-state index is 0.580. The van der Waals surface area contributed by atoms with E-state index in [-0.39, 0.29) is 0 Å². The normalized spacial score (nSPS) is 19.0. The molecule has 1 aromatic heterocycles. The van der Waals surface area contributed by atoms with E-state index in [9.17, 15) is 0 Å². The van der Waals surface area contributed by atoms with Crippen molar-refractivity contribution in [3.8, 4) is 0 Å². The third-order valence-corrected chi connectivity index (χ3v) is 5.30. The lowest BCUT2D eigenvalue weighted by molar-refractivity contribution is 0.436. The summed E-state index contributed by atoms with van der Waals surface area (Å²) in [5, 5.41) is 6.85. The first-order chi connectivity index (χ1) is 12.2. The van der Waals surface area contributed by atoms with Crippen molar-refractivity contribution in [2.45, 2.75) is 46.0 Å². The Kier molecular flexibility index (Phi) is 6.29. The van der Waals surface area contributed by atoms with Gasteiger partial charge in [0.15, 0.2) is 5.11 Å². The van der Waals surface area contributed by atoms with Gasteiger partial charge >= 0.3 is 0 Å². The van der Waals surface area contributed by atoms with Gasteiger partial charge < -0.3 is 20.4 Å². The quantitative estimate of drug-likeness (QED) is 0.799. The third-order valence-electron chi connectivity index (χ3n) is 5.05.